The number of carboxylic acid groups (broad SMARTS) is 1. The fraction of sp³-hybridized carbons (Fsp3) is 0.467. The zero-order chi connectivity index (χ0) is 14.7. The second-order valence-electron chi connectivity index (χ2n) is 5.17. The maximum absolute atomic E-state index is 11.7. The summed E-state index contributed by atoms with van der Waals surface area (Å²) in [5.74, 6) is -0.420. The molecule has 0 saturated carbocycles. The molecule has 1 aliphatic rings. The second kappa shape index (κ2) is 6.50. The van der Waals surface area contributed by atoms with E-state index in [1.165, 1.54) is 0 Å². The third kappa shape index (κ3) is 3.46. The first kappa shape index (κ1) is 15.2. The van der Waals surface area contributed by atoms with Crippen molar-refractivity contribution in [3.8, 4) is 0 Å². The fourth-order valence-electron chi connectivity index (χ4n) is 2.53. The Labute approximate surface area is 126 Å². The molecule has 1 aromatic carbocycles. The Hall–Kier alpha value is -1.20. The van der Waals surface area contributed by atoms with Crippen LogP contribution >= 0.6 is 15.9 Å². The first-order chi connectivity index (χ1) is 9.51. The minimum Gasteiger partial charge on any atom is -0.478 e. The normalized spacial score (nSPS) is 20.1. The van der Waals surface area contributed by atoms with Crippen LogP contribution in [0.15, 0.2) is 22.7 Å². The molecule has 0 spiro atoms. The lowest BCUT2D eigenvalue weighted by Gasteiger charge is -2.31. The number of rotatable bonds is 4. The summed E-state index contributed by atoms with van der Waals surface area (Å²) in [6.07, 6.45) is 1.50. The lowest BCUT2D eigenvalue weighted by atomic mass is 9.94. The molecule has 0 aromatic heterocycles. The fourth-order valence-corrected chi connectivity index (χ4v) is 3.03. The molecular weight excluding hydrogens is 322 g/mol. The Morgan fingerprint density at radius 1 is 1.50 bits per heavy atom. The van der Waals surface area contributed by atoms with Crippen molar-refractivity contribution in [2.24, 2.45) is 5.92 Å². The van der Waals surface area contributed by atoms with Gasteiger partial charge in [-0.1, -0.05) is 28.9 Å². The number of carbonyl (C=O) groups is 2. The maximum Gasteiger partial charge on any atom is 0.335 e. The molecule has 1 heterocycles. The number of carboxylic acids is 1. The van der Waals surface area contributed by atoms with E-state index >= 15 is 0 Å². The molecular formula is C15H18BrNO3. The Bertz CT molecular complexity index is 530. The third-order valence-electron chi connectivity index (χ3n) is 3.80. The van der Waals surface area contributed by atoms with E-state index in [4.69, 9.17) is 5.11 Å². The topological polar surface area (TPSA) is 57.6 Å². The largest absolute Gasteiger partial charge is 0.478 e. The third-order valence-corrected chi connectivity index (χ3v) is 4.53. The summed E-state index contributed by atoms with van der Waals surface area (Å²) in [4.78, 5) is 24.9. The molecule has 1 aliphatic heterocycles. The molecule has 20 heavy (non-hydrogen) atoms. The highest BCUT2D eigenvalue weighted by Crippen LogP contribution is 2.23. The maximum atomic E-state index is 11.7. The SMILES string of the molecule is CCC1CN(Cc2ccc(C(=O)O)cc2Br)CCC1=O. The van der Waals surface area contributed by atoms with Gasteiger partial charge in [0.1, 0.15) is 5.78 Å². The number of Topliss-reactive ketones (excluding diaryl/α,β-unsaturated/α-hetero) is 1. The lowest BCUT2D eigenvalue weighted by molar-refractivity contribution is -0.126. The molecule has 5 heteroatoms. The molecule has 1 fully saturated rings. The number of aromatic carboxylic acids is 1. The number of halogens is 1. The van der Waals surface area contributed by atoms with E-state index in [1.807, 2.05) is 13.0 Å². The highest BCUT2D eigenvalue weighted by Gasteiger charge is 2.25. The summed E-state index contributed by atoms with van der Waals surface area (Å²) in [6.45, 7) is 4.36. The summed E-state index contributed by atoms with van der Waals surface area (Å²) in [5, 5.41) is 8.95. The van der Waals surface area contributed by atoms with Gasteiger partial charge in [0.2, 0.25) is 0 Å². The predicted octanol–water partition coefficient (Wildman–Crippen LogP) is 2.95. The minimum absolute atomic E-state index is 0.140. The second-order valence-corrected chi connectivity index (χ2v) is 6.02. The van der Waals surface area contributed by atoms with Crippen molar-refractivity contribution in [2.45, 2.75) is 26.3 Å². The number of carbonyl (C=O) groups excluding carboxylic acids is 1. The first-order valence-electron chi connectivity index (χ1n) is 6.78. The number of ketones is 1. The quantitative estimate of drug-likeness (QED) is 0.916. The molecule has 1 saturated heterocycles. The van der Waals surface area contributed by atoms with E-state index in [9.17, 15) is 9.59 Å². The van der Waals surface area contributed by atoms with E-state index in [-0.39, 0.29) is 11.5 Å². The summed E-state index contributed by atoms with van der Waals surface area (Å²) in [6, 6.07) is 5.09. The van der Waals surface area contributed by atoms with Gasteiger partial charge in [-0.05, 0) is 24.1 Å². The van der Waals surface area contributed by atoms with Gasteiger partial charge in [0.05, 0.1) is 5.56 Å². The van der Waals surface area contributed by atoms with Crippen molar-refractivity contribution in [3.63, 3.8) is 0 Å². The zero-order valence-corrected chi connectivity index (χ0v) is 13.0. The molecule has 0 aliphatic carbocycles. The van der Waals surface area contributed by atoms with E-state index < -0.39 is 5.97 Å². The first-order valence-corrected chi connectivity index (χ1v) is 7.57. The molecule has 2 rings (SSSR count). The average molecular weight is 340 g/mol. The lowest BCUT2D eigenvalue weighted by Crippen LogP contribution is -2.40. The Morgan fingerprint density at radius 2 is 2.25 bits per heavy atom. The van der Waals surface area contributed by atoms with Gasteiger partial charge < -0.3 is 5.11 Å². The number of likely N-dealkylation sites (tertiary alicyclic amines) is 1. The van der Waals surface area contributed by atoms with Gasteiger partial charge in [-0.3, -0.25) is 9.69 Å². The van der Waals surface area contributed by atoms with Crippen LogP contribution in [0, 0.1) is 5.92 Å². The summed E-state index contributed by atoms with van der Waals surface area (Å²) >= 11 is 3.43. The van der Waals surface area contributed by atoms with Gasteiger partial charge in [0.15, 0.2) is 0 Å². The van der Waals surface area contributed by atoms with Crippen molar-refractivity contribution in [3.05, 3.63) is 33.8 Å². The van der Waals surface area contributed by atoms with Gasteiger partial charge >= 0.3 is 5.97 Å². The molecule has 1 atom stereocenters. The highest BCUT2D eigenvalue weighted by atomic mass is 79.9. The van der Waals surface area contributed by atoms with Crippen molar-refractivity contribution >= 4 is 27.7 Å². The average Bonchev–Trinajstić information content (AvgIpc) is 2.42. The molecule has 0 amide bonds. The number of hydrogen-bond donors (Lipinski definition) is 1. The Kier molecular flexibility index (Phi) is 4.94. The van der Waals surface area contributed by atoms with Gasteiger partial charge in [0.25, 0.3) is 0 Å². The van der Waals surface area contributed by atoms with Crippen LogP contribution in [0.3, 0.4) is 0 Å². The molecule has 4 nitrogen and oxygen atoms in total. The molecule has 108 valence electrons. The predicted molar refractivity (Wildman–Crippen MR) is 79.8 cm³/mol. The number of nitrogens with zero attached hydrogens (tertiary/aromatic N) is 1. The van der Waals surface area contributed by atoms with Gasteiger partial charge in [-0.2, -0.15) is 0 Å². The standard InChI is InChI=1S/C15H18BrNO3/c1-2-10-8-17(6-5-14(10)18)9-12-4-3-11(15(19)20)7-13(12)16/h3-4,7,10H,2,5-6,8-9H2,1H3,(H,19,20). The van der Waals surface area contributed by atoms with Crippen LogP contribution in [-0.2, 0) is 11.3 Å². The van der Waals surface area contributed by atoms with Crippen LogP contribution in [0.2, 0.25) is 0 Å². The molecule has 0 radical (unpaired) electrons. The van der Waals surface area contributed by atoms with Crippen LogP contribution in [0.5, 0.6) is 0 Å². The minimum atomic E-state index is -0.924. The van der Waals surface area contributed by atoms with E-state index in [0.717, 1.165) is 36.1 Å². The van der Waals surface area contributed by atoms with Crippen molar-refractivity contribution in [1.29, 1.82) is 0 Å². The molecule has 0 bridgehead atoms. The smallest absolute Gasteiger partial charge is 0.335 e. The van der Waals surface area contributed by atoms with Crippen molar-refractivity contribution < 1.29 is 14.7 Å². The summed E-state index contributed by atoms with van der Waals surface area (Å²) < 4.78 is 0.808. The monoisotopic (exact) mass is 339 g/mol. The summed E-state index contributed by atoms with van der Waals surface area (Å²) in [5.41, 5.74) is 1.33. The van der Waals surface area contributed by atoms with E-state index in [0.29, 0.717) is 12.2 Å². The van der Waals surface area contributed by atoms with Gasteiger partial charge in [-0.25, -0.2) is 4.79 Å². The van der Waals surface area contributed by atoms with Crippen LogP contribution in [0.1, 0.15) is 35.7 Å². The van der Waals surface area contributed by atoms with Crippen LogP contribution < -0.4 is 0 Å². The Morgan fingerprint density at radius 3 is 2.85 bits per heavy atom. The number of hydrogen-bond acceptors (Lipinski definition) is 3. The number of benzene rings is 1. The summed E-state index contributed by atoms with van der Waals surface area (Å²) in [7, 11) is 0. The van der Waals surface area contributed by atoms with E-state index in [1.54, 1.807) is 12.1 Å². The van der Waals surface area contributed by atoms with Crippen LogP contribution in [-0.4, -0.2) is 34.8 Å². The van der Waals surface area contributed by atoms with Crippen LogP contribution in [0.25, 0.3) is 0 Å². The van der Waals surface area contributed by atoms with Gasteiger partial charge in [0, 0.05) is 36.4 Å². The van der Waals surface area contributed by atoms with Crippen molar-refractivity contribution in [2.75, 3.05) is 13.1 Å². The number of piperidine rings is 1. The van der Waals surface area contributed by atoms with Gasteiger partial charge in [-0.15, -0.1) is 0 Å². The molecule has 1 aromatic rings. The Balaban J connectivity index is 2.07. The van der Waals surface area contributed by atoms with E-state index in [2.05, 4.69) is 20.8 Å². The zero-order valence-electron chi connectivity index (χ0n) is 11.4. The molecule has 1 N–H and O–H groups in total. The van der Waals surface area contributed by atoms with Crippen molar-refractivity contribution in [1.82, 2.24) is 4.90 Å². The van der Waals surface area contributed by atoms with Crippen LogP contribution in [0.4, 0.5) is 0 Å². The molecule has 1 unspecified atom stereocenters. The highest BCUT2D eigenvalue weighted by molar-refractivity contribution is 9.10.